The Bertz CT molecular complexity index is 395. The van der Waals surface area contributed by atoms with Gasteiger partial charge >= 0.3 is 0 Å². The molecule has 2 rings (SSSR count). The Labute approximate surface area is 92.3 Å². The smallest absolute Gasteiger partial charge is 0.0109 e. The average Bonchev–Trinajstić information content (AvgIpc) is 2.17. The first-order valence-electron chi connectivity index (χ1n) is 5.60. The third-order valence-electron chi connectivity index (χ3n) is 3.16. The monoisotopic (exact) mass is 198 g/mol. The van der Waals surface area contributed by atoms with Crippen molar-refractivity contribution in [1.82, 2.24) is 0 Å². The van der Waals surface area contributed by atoms with Crippen LogP contribution in [0.1, 0.15) is 32.3 Å². The summed E-state index contributed by atoms with van der Waals surface area (Å²) in [6.07, 6.45) is 4.67. The molecule has 15 heavy (non-hydrogen) atoms. The Morgan fingerprint density at radius 3 is 2.27 bits per heavy atom. The summed E-state index contributed by atoms with van der Waals surface area (Å²) in [5.41, 5.74) is 4.31. The molecule has 0 bridgehead atoms. The lowest BCUT2D eigenvalue weighted by atomic mass is 9.77. The third-order valence-corrected chi connectivity index (χ3v) is 3.16. The van der Waals surface area contributed by atoms with E-state index in [4.69, 9.17) is 0 Å². The van der Waals surface area contributed by atoms with Gasteiger partial charge in [-0.3, -0.25) is 0 Å². The Balaban J connectivity index is 2.36. The van der Waals surface area contributed by atoms with Gasteiger partial charge in [-0.05, 0) is 25.3 Å². The molecule has 1 aromatic rings. The molecule has 0 heteroatoms. The second-order valence-electron chi connectivity index (χ2n) is 4.55. The van der Waals surface area contributed by atoms with Crippen molar-refractivity contribution in [3.8, 4) is 0 Å². The molecule has 0 saturated heterocycles. The fourth-order valence-corrected chi connectivity index (χ4v) is 2.65. The van der Waals surface area contributed by atoms with E-state index in [1.165, 1.54) is 16.7 Å². The second-order valence-corrected chi connectivity index (χ2v) is 4.55. The number of rotatable bonds is 1. The van der Waals surface area contributed by atoms with Crippen LogP contribution in [0.4, 0.5) is 0 Å². The van der Waals surface area contributed by atoms with Crippen molar-refractivity contribution in [3.63, 3.8) is 0 Å². The molecule has 1 aliphatic rings. The minimum Gasteiger partial charge on any atom is -0.0778 e. The highest BCUT2D eigenvalue weighted by Crippen LogP contribution is 2.36. The van der Waals surface area contributed by atoms with Gasteiger partial charge in [0.2, 0.25) is 0 Å². The number of allylic oxidation sites excluding steroid dienone is 4. The van der Waals surface area contributed by atoms with Gasteiger partial charge in [-0.1, -0.05) is 60.6 Å². The molecule has 0 fully saturated rings. The van der Waals surface area contributed by atoms with E-state index in [9.17, 15) is 0 Å². The van der Waals surface area contributed by atoms with Gasteiger partial charge < -0.3 is 0 Å². The Hall–Kier alpha value is -1.30. The summed E-state index contributed by atoms with van der Waals surface area (Å²) in [5, 5.41) is 0. The zero-order valence-corrected chi connectivity index (χ0v) is 9.70. The van der Waals surface area contributed by atoms with Gasteiger partial charge in [0.05, 0.1) is 0 Å². The van der Waals surface area contributed by atoms with Gasteiger partial charge in [-0.15, -0.1) is 0 Å². The maximum atomic E-state index is 2.37. The predicted octanol–water partition coefficient (Wildman–Crippen LogP) is 4.31. The van der Waals surface area contributed by atoms with E-state index in [0.29, 0.717) is 11.8 Å². The lowest BCUT2D eigenvalue weighted by Gasteiger charge is -2.27. The highest BCUT2D eigenvalue weighted by Gasteiger charge is 2.21. The highest BCUT2D eigenvalue weighted by molar-refractivity contribution is 5.38. The van der Waals surface area contributed by atoms with Crippen molar-refractivity contribution in [3.05, 3.63) is 59.2 Å². The van der Waals surface area contributed by atoms with Crippen LogP contribution in [0.2, 0.25) is 0 Å². The molecule has 0 N–H and O–H groups in total. The fraction of sp³-hybridized carbons (Fsp3) is 0.333. The Kier molecular flexibility index (Phi) is 2.77. The molecular weight excluding hydrogens is 180 g/mol. The SMILES string of the molecule is CC1=CC(C)C(c2ccccc2)C(C)=C1. The molecule has 0 radical (unpaired) electrons. The largest absolute Gasteiger partial charge is 0.0778 e. The standard InChI is InChI=1S/C15H18/c1-11-9-12(2)15(13(3)10-11)14-7-5-4-6-8-14/h4-10,12,15H,1-3H3. The van der Waals surface area contributed by atoms with Gasteiger partial charge in [0.1, 0.15) is 0 Å². The van der Waals surface area contributed by atoms with Gasteiger partial charge in [0.25, 0.3) is 0 Å². The van der Waals surface area contributed by atoms with E-state index >= 15 is 0 Å². The fourth-order valence-electron chi connectivity index (χ4n) is 2.65. The van der Waals surface area contributed by atoms with Crippen molar-refractivity contribution in [2.75, 3.05) is 0 Å². The quantitative estimate of drug-likeness (QED) is 0.630. The lowest BCUT2D eigenvalue weighted by molar-refractivity contribution is 0.601. The van der Waals surface area contributed by atoms with Crippen LogP contribution >= 0.6 is 0 Å². The van der Waals surface area contributed by atoms with E-state index in [0.717, 1.165) is 0 Å². The predicted molar refractivity (Wildman–Crippen MR) is 65.9 cm³/mol. The maximum Gasteiger partial charge on any atom is 0.0109 e. The van der Waals surface area contributed by atoms with Crippen LogP contribution in [-0.4, -0.2) is 0 Å². The van der Waals surface area contributed by atoms with Crippen molar-refractivity contribution < 1.29 is 0 Å². The molecule has 0 aliphatic heterocycles. The zero-order valence-electron chi connectivity index (χ0n) is 9.70. The molecule has 0 saturated carbocycles. The van der Waals surface area contributed by atoms with Crippen LogP contribution in [0.3, 0.4) is 0 Å². The summed E-state index contributed by atoms with van der Waals surface area (Å²) in [5.74, 6) is 1.17. The summed E-state index contributed by atoms with van der Waals surface area (Å²) in [6, 6.07) is 10.8. The first kappa shape index (κ1) is 10.2. The molecule has 0 heterocycles. The van der Waals surface area contributed by atoms with Crippen molar-refractivity contribution in [2.24, 2.45) is 5.92 Å². The molecular formula is C15H18. The van der Waals surface area contributed by atoms with Crippen LogP contribution in [0.15, 0.2) is 53.6 Å². The molecule has 0 spiro atoms. The Morgan fingerprint density at radius 2 is 1.67 bits per heavy atom. The van der Waals surface area contributed by atoms with Crippen LogP contribution in [0.5, 0.6) is 0 Å². The molecule has 0 nitrogen and oxygen atoms in total. The van der Waals surface area contributed by atoms with E-state index < -0.39 is 0 Å². The van der Waals surface area contributed by atoms with Crippen LogP contribution in [-0.2, 0) is 0 Å². The normalized spacial score (nSPS) is 25.8. The number of benzene rings is 1. The third kappa shape index (κ3) is 2.04. The average molecular weight is 198 g/mol. The minimum atomic E-state index is 0.565. The molecule has 1 aliphatic carbocycles. The summed E-state index contributed by atoms with van der Waals surface area (Å²) in [6.45, 7) is 6.73. The molecule has 0 aromatic heterocycles. The summed E-state index contributed by atoms with van der Waals surface area (Å²) >= 11 is 0. The number of hydrogen-bond donors (Lipinski definition) is 0. The summed E-state index contributed by atoms with van der Waals surface area (Å²) in [7, 11) is 0. The first-order valence-corrected chi connectivity index (χ1v) is 5.60. The highest BCUT2D eigenvalue weighted by atomic mass is 14.3. The van der Waals surface area contributed by atoms with E-state index in [1.54, 1.807) is 0 Å². The van der Waals surface area contributed by atoms with Crippen molar-refractivity contribution >= 4 is 0 Å². The Morgan fingerprint density at radius 1 is 1.00 bits per heavy atom. The van der Waals surface area contributed by atoms with Crippen molar-refractivity contribution in [2.45, 2.75) is 26.7 Å². The van der Waals surface area contributed by atoms with Gasteiger partial charge in [0, 0.05) is 5.92 Å². The summed E-state index contributed by atoms with van der Waals surface area (Å²) < 4.78 is 0. The molecule has 78 valence electrons. The van der Waals surface area contributed by atoms with Crippen LogP contribution in [0.25, 0.3) is 0 Å². The van der Waals surface area contributed by atoms with E-state index in [1.807, 2.05) is 0 Å². The van der Waals surface area contributed by atoms with Gasteiger partial charge in [0.15, 0.2) is 0 Å². The molecule has 2 atom stereocenters. The van der Waals surface area contributed by atoms with Crippen LogP contribution in [0, 0.1) is 5.92 Å². The van der Waals surface area contributed by atoms with E-state index in [2.05, 4.69) is 63.3 Å². The zero-order chi connectivity index (χ0) is 10.8. The van der Waals surface area contributed by atoms with Crippen molar-refractivity contribution in [1.29, 1.82) is 0 Å². The minimum absolute atomic E-state index is 0.565. The summed E-state index contributed by atoms with van der Waals surface area (Å²) in [4.78, 5) is 0. The van der Waals surface area contributed by atoms with Crippen LogP contribution < -0.4 is 0 Å². The lowest BCUT2D eigenvalue weighted by Crippen LogP contribution is -2.12. The van der Waals surface area contributed by atoms with Gasteiger partial charge in [-0.2, -0.15) is 0 Å². The number of hydrogen-bond acceptors (Lipinski definition) is 0. The van der Waals surface area contributed by atoms with Gasteiger partial charge in [-0.25, -0.2) is 0 Å². The maximum absolute atomic E-state index is 2.37. The topological polar surface area (TPSA) is 0 Å². The molecule has 2 unspecified atom stereocenters. The first-order chi connectivity index (χ1) is 7.18. The second kappa shape index (κ2) is 4.06. The molecule has 1 aromatic carbocycles. The molecule has 0 amide bonds. The van der Waals surface area contributed by atoms with E-state index in [-0.39, 0.29) is 0 Å².